The summed E-state index contributed by atoms with van der Waals surface area (Å²) in [6.45, 7) is 9.27. The van der Waals surface area contributed by atoms with E-state index in [-0.39, 0.29) is 10.8 Å². The van der Waals surface area contributed by atoms with Gasteiger partial charge in [0.05, 0.1) is 20.8 Å². The summed E-state index contributed by atoms with van der Waals surface area (Å²) >= 11 is 1.48. The highest BCUT2D eigenvalue weighted by atomic mass is 32.2. The molecular weight excluding hydrogens is 504 g/mol. The molecule has 0 atom stereocenters. The standard InChI is InChI=1S/C28H32N4O3S2/c1-4-30(5-2)20-21-31(28-29-25-14-10-11-15-26(25)36-28)27(33)22-16-18-24(19-17-22)37(34,35)32(6-3)23-12-8-7-9-13-23/h7-19H,4-6,20-21H2,1-3H3. The number of carbonyl (C=O) groups is 1. The average Bonchev–Trinajstić information content (AvgIpc) is 3.36. The van der Waals surface area contributed by atoms with Crippen molar-refractivity contribution < 1.29 is 13.2 Å². The molecule has 4 rings (SSSR count). The Morgan fingerprint density at radius 2 is 1.46 bits per heavy atom. The molecule has 0 saturated carbocycles. The van der Waals surface area contributed by atoms with Crippen LogP contribution >= 0.6 is 11.3 Å². The minimum absolute atomic E-state index is 0.143. The summed E-state index contributed by atoms with van der Waals surface area (Å²) in [5, 5.41) is 0.635. The Hall–Kier alpha value is -3.27. The average molecular weight is 537 g/mol. The first kappa shape index (κ1) is 26.8. The van der Waals surface area contributed by atoms with Crippen molar-refractivity contribution in [2.75, 3.05) is 41.9 Å². The van der Waals surface area contributed by atoms with Gasteiger partial charge in [0.1, 0.15) is 0 Å². The highest BCUT2D eigenvalue weighted by molar-refractivity contribution is 7.92. The van der Waals surface area contributed by atoms with Crippen LogP contribution in [0, 0.1) is 0 Å². The molecule has 0 unspecified atom stereocenters. The van der Waals surface area contributed by atoms with Crippen molar-refractivity contribution in [1.29, 1.82) is 0 Å². The summed E-state index contributed by atoms with van der Waals surface area (Å²) in [6.07, 6.45) is 0. The van der Waals surface area contributed by atoms with Gasteiger partial charge in [0.2, 0.25) is 0 Å². The third-order valence-corrected chi connectivity index (χ3v) is 9.29. The second kappa shape index (κ2) is 11.9. The number of rotatable bonds is 11. The highest BCUT2D eigenvalue weighted by Crippen LogP contribution is 2.30. The van der Waals surface area contributed by atoms with E-state index in [1.807, 2.05) is 42.5 Å². The third-order valence-electron chi connectivity index (χ3n) is 6.31. The first-order valence-corrected chi connectivity index (χ1v) is 14.7. The van der Waals surface area contributed by atoms with E-state index in [4.69, 9.17) is 4.98 Å². The van der Waals surface area contributed by atoms with Gasteiger partial charge < -0.3 is 4.90 Å². The van der Waals surface area contributed by atoms with Gasteiger partial charge in [0.25, 0.3) is 15.9 Å². The van der Waals surface area contributed by atoms with Crippen LogP contribution in [-0.4, -0.2) is 56.9 Å². The van der Waals surface area contributed by atoms with Crippen molar-refractivity contribution in [2.45, 2.75) is 25.7 Å². The summed E-state index contributed by atoms with van der Waals surface area (Å²) < 4.78 is 29.1. The van der Waals surface area contributed by atoms with E-state index in [1.54, 1.807) is 36.1 Å². The molecule has 1 heterocycles. The molecule has 9 heteroatoms. The van der Waals surface area contributed by atoms with E-state index in [0.717, 1.165) is 23.3 Å². The number of hydrogen-bond donors (Lipinski definition) is 0. The van der Waals surface area contributed by atoms with Gasteiger partial charge in [0, 0.05) is 25.2 Å². The zero-order chi connectivity index (χ0) is 26.4. The quantitative estimate of drug-likeness (QED) is 0.253. The molecule has 7 nitrogen and oxygen atoms in total. The zero-order valence-electron chi connectivity index (χ0n) is 21.4. The number of amides is 1. The van der Waals surface area contributed by atoms with E-state index in [0.29, 0.717) is 36.0 Å². The minimum atomic E-state index is -3.77. The van der Waals surface area contributed by atoms with Gasteiger partial charge in [-0.3, -0.25) is 14.0 Å². The van der Waals surface area contributed by atoms with Gasteiger partial charge in [-0.2, -0.15) is 0 Å². The lowest BCUT2D eigenvalue weighted by Gasteiger charge is -2.25. The van der Waals surface area contributed by atoms with Crippen molar-refractivity contribution in [3.05, 3.63) is 84.4 Å². The van der Waals surface area contributed by atoms with Gasteiger partial charge >= 0.3 is 0 Å². The van der Waals surface area contributed by atoms with Crippen LogP contribution in [0.3, 0.4) is 0 Å². The number of aromatic nitrogens is 1. The number of para-hydroxylation sites is 2. The van der Waals surface area contributed by atoms with E-state index < -0.39 is 10.0 Å². The van der Waals surface area contributed by atoms with E-state index in [1.165, 1.54) is 27.8 Å². The van der Waals surface area contributed by atoms with Crippen molar-refractivity contribution >= 4 is 48.3 Å². The lowest BCUT2D eigenvalue weighted by Crippen LogP contribution is -2.39. The highest BCUT2D eigenvalue weighted by Gasteiger charge is 2.26. The molecule has 0 aliphatic carbocycles. The predicted octanol–water partition coefficient (Wildman–Crippen LogP) is 5.50. The molecule has 0 aliphatic rings. The number of hydrogen-bond acceptors (Lipinski definition) is 6. The number of carbonyl (C=O) groups excluding carboxylic acids is 1. The molecule has 1 aromatic heterocycles. The first-order chi connectivity index (χ1) is 17.9. The predicted molar refractivity (Wildman–Crippen MR) is 152 cm³/mol. The summed E-state index contributed by atoms with van der Waals surface area (Å²) in [5.41, 5.74) is 1.87. The van der Waals surface area contributed by atoms with Crippen molar-refractivity contribution in [2.24, 2.45) is 0 Å². The number of sulfonamides is 1. The molecule has 4 aromatic rings. The van der Waals surface area contributed by atoms with Crippen molar-refractivity contribution in [1.82, 2.24) is 9.88 Å². The van der Waals surface area contributed by atoms with Crippen LogP contribution < -0.4 is 9.21 Å². The lowest BCUT2D eigenvalue weighted by molar-refractivity contribution is 0.0983. The molecule has 0 N–H and O–H groups in total. The minimum Gasteiger partial charge on any atom is -0.302 e. The maximum absolute atomic E-state index is 13.7. The first-order valence-electron chi connectivity index (χ1n) is 12.5. The molecular formula is C28H32N4O3S2. The van der Waals surface area contributed by atoms with Gasteiger partial charge in [-0.15, -0.1) is 0 Å². The Morgan fingerprint density at radius 1 is 0.811 bits per heavy atom. The number of nitrogens with zero attached hydrogens (tertiary/aromatic N) is 4. The van der Waals surface area contributed by atoms with Crippen molar-refractivity contribution in [3.63, 3.8) is 0 Å². The smallest absolute Gasteiger partial charge is 0.264 e. The maximum Gasteiger partial charge on any atom is 0.264 e. The summed E-state index contributed by atoms with van der Waals surface area (Å²) in [4.78, 5) is 22.5. The van der Waals surface area contributed by atoms with Crippen LogP contribution in [0.1, 0.15) is 31.1 Å². The van der Waals surface area contributed by atoms with Gasteiger partial charge in [-0.05, 0) is 68.5 Å². The fourth-order valence-electron chi connectivity index (χ4n) is 4.18. The van der Waals surface area contributed by atoms with Crippen LogP contribution in [0.25, 0.3) is 10.2 Å². The van der Waals surface area contributed by atoms with Gasteiger partial charge in [-0.25, -0.2) is 13.4 Å². The second-order valence-electron chi connectivity index (χ2n) is 8.48. The molecule has 0 aliphatic heterocycles. The van der Waals surface area contributed by atoms with Crippen molar-refractivity contribution in [3.8, 4) is 0 Å². The molecule has 194 valence electrons. The molecule has 37 heavy (non-hydrogen) atoms. The van der Waals surface area contributed by atoms with E-state index in [2.05, 4.69) is 18.7 Å². The number of fused-ring (bicyclic) bond motifs is 1. The third kappa shape index (κ3) is 5.84. The zero-order valence-corrected chi connectivity index (χ0v) is 23.0. The van der Waals surface area contributed by atoms with E-state index in [9.17, 15) is 13.2 Å². The number of thiazole rings is 1. The Balaban J connectivity index is 1.63. The van der Waals surface area contributed by atoms with Crippen LogP contribution in [0.2, 0.25) is 0 Å². The van der Waals surface area contributed by atoms with Crippen LogP contribution in [0.4, 0.5) is 10.8 Å². The Labute approximate surface area is 223 Å². The Kier molecular flexibility index (Phi) is 8.58. The monoisotopic (exact) mass is 536 g/mol. The fourth-order valence-corrected chi connectivity index (χ4v) is 6.64. The summed E-state index contributed by atoms with van der Waals surface area (Å²) in [7, 11) is -3.77. The Bertz CT molecular complexity index is 1400. The molecule has 0 saturated heterocycles. The molecule has 0 fully saturated rings. The van der Waals surface area contributed by atoms with Crippen LogP contribution in [0.15, 0.2) is 83.8 Å². The maximum atomic E-state index is 13.7. The molecule has 0 bridgehead atoms. The topological polar surface area (TPSA) is 73.8 Å². The molecule has 3 aromatic carbocycles. The van der Waals surface area contributed by atoms with E-state index >= 15 is 0 Å². The lowest BCUT2D eigenvalue weighted by atomic mass is 10.2. The summed E-state index contributed by atoms with van der Waals surface area (Å²) in [5.74, 6) is -0.203. The number of likely N-dealkylation sites (N-methyl/N-ethyl adjacent to an activating group) is 1. The Morgan fingerprint density at radius 3 is 2.08 bits per heavy atom. The largest absolute Gasteiger partial charge is 0.302 e. The summed E-state index contributed by atoms with van der Waals surface area (Å²) in [6, 6.07) is 23.0. The number of benzene rings is 3. The normalized spacial score (nSPS) is 11.7. The molecule has 0 radical (unpaired) electrons. The second-order valence-corrected chi connectivity index (χ2v) is 11.3. The molecule has 1 amide bonds. The SMILES string of the molecule is CCN(CC)CCN(C(=O)c1ccc(S(=O)(=O)N(CC)c2ccccc2)cc1)c1nc2ccccc2s1. The fraction of sp³-hybridized carbons (Fsp3) is 0.286. The van der Waals surface area contributed by atoms with Gasteiger partial charge in [0.15, 0.2) is 5.13 Å². The van der Waals surface area contributed by atoms with Crippen LogP contribution in [-0.2, 0) is 10.0 Å². The number of anilines is 2. The van der Waals surface area contributed by atoms with Gasteiger partial charge in [-0.1, -0.05) is 55.5 Å². The molecule has 0 spiro atoms. The van der Waals surface area contributed by atoms with Crippen LogP contribution in [0.5, 0.6) is 0 Å².